The van der Waals surface area contributed by atoms with Crippen molar-refractivity contribution in [3.8, 4) is 0 Å². The third-order valence-corrected chi connectivity index (χ3v) is 11.0. The predicted molar refractivity (Wildman–Crippen MR) is 235 cm³/mol. The highest BCUT2D eigenvalue weighted by Gasteiger charge is 2.38. The van der Waals surface area contributed by atoms with Gasteiger partial charge in [-0.05, 0) is 67.6 Å². The minimum absolute atomic E-state index is 0.111. The van der Waals surface area contributed by atoms with Crippen molar-refractivity contribution in [1.82, 2.24) is 31.1 Å². The van der Waals surface area contributed by atoms with Crippen molar-refractivity contribution in [3.05, 3.63) is 71.3 Å². The zero-order chi connectivity index (χ0) is 45.9. The summed E-state index contributed by atoms with van der Waals surface area (Å²) in [4.78, 5) is 99.1. The van der Waals surface area contributed by atoms with E-state index in [4.69, 9.17) is 10.1 Å². The molecule has 5 atom stereocenters. The number of quaternary nitrogens is 1. The van der Waals surface area contributed by atoms with E-state index in [1.807, 2.05) is 61.5 Å². The van der Waals surface area contributed by atoms with E-state index in [0.29, 0.717) is 57.5 Å². The number of amidine groups is 1. The van der Waals surface area contributed by atoms with Crippen molar-refractivity contribution in [2.45, 2.75) is 143 Å². The fourth-order valence-corrected chi connectivity index (χ4v) is 7.09. The molecular formula is C46H70N8O8+2. The van der Waals surface area contributed by atoms with E-state index < -0.39 is 78.4 Å². The molecule has 3 rings (SSSR count). The smallest absolute Gasteiger partial charge is 0.410 e. The molecule has 0 aromatic heterocycles. The van der Waals surface area contributed by atoms with Crippen molar-refractivity contribution in [2.75, 3.05) is 13.1 Å². The van der Waals surface area contributed by atoms with Gasteiger partial charge in [-0.15, -0.1) is 0 Å². The Morgan fingerprint density at radius 1 is 0.790 bits per heavy atom. The summed E-state index contributed by atoms with van der Waals surface area (Å²) in [7, 11) is 0. The second-order valence-corrected chi connectivity index (χ2v) is 16.8. The second-order valence-electron chi connectivity index (χ2n) is 16.8. The van der Waals surface area contributed by atoms with Gasteiger partial charge in [0.1, 0.15) is 18.2 Å². The minimum atomic E-state index is -1.30. The highest BCUT2D eigenvalue weighted by Crippen LogP contribution is 2.21. The number of amides is 7. The molecule has 0 aliphatic carbocycles. The number of carbonyl (C=O) groups excluding carboxylic acids is 7. The van der Waals surface area contributed by atoms with Crippen LogP contribution < -0.4 is 32.4 Å². The van der Waals surface area contributed by atoms with Crippen molar-refractivity contribution in [1.29, 1.82) is 0 Å². The predicted octanol–water partition coefficient (Wildman–Crippen LogP) is 2.74. The van der Waals surface area contributed by atoms with Crippen molar-refractivity contribution < 1.29 is 49.4 Å². The molecule has 1 aliphatic rings. The first kappa shape index (κ1) is 50.7. The lowest BCUT2D eigenvalue weighted by Gasteiger charge is -2.34. The number of unbranched alkanes of at least 4 members (excludes halogenated alkanes) is 2. The fraction of sp³-hybridized carbons (Fsp3) is 0.565. The molecule has 1 heterocycles. The van der Waals surface area contributed by atoms with Gasteiger partial charge in [0, 0.05) is 19.5 Å². The van der Waals surface area contributed by atoms with E-state index in [1.54, 1.807) is 46.4 Å². The minimum Gasteiger partial charge on any atom is -0.444 e. The number of nitrogens with one attached hydrogen (secondary N) is 4. The number of Topliss-reactive ketones (excluding diaryl/α,β-unsaturated/α-hetero) is 1. The van der Waals surface area contributed by atoms with Crippen LogP contribution in [0.2, 0.25) is 0 Å². The second kappa shape index (κ2) is 25.3. The lowest BCUT2D eigenvalue weighted by atomic mass is 9.98. The molecule has 0 saturated heterocycles. The van der Waals surface area contributed by atoms with Crippen LogP contribution in [0.3, 0.4) is 0 Å². The summed E-state index contributed by atoms with van der Waals surface area (Å²) in [6.45, 7) is 12.7. The molecule has 0 fully saturated rings. The van der Waals surface area contributed by atoms with Crippen LogP contribution in [0.15, 0.2) is 54.6 Å². The molecular weight excluding hydrogens is 793 g/mol. The Morgan fingerprint density at radius 3 is 2.03 bits per heavy atom. The number of hydrogen-bond acceptors (Lipinski definition) is 8. The number of carbonyl (C=O) groups is 7. The van der Waals surface area contributed by atoms with E-state index >= 15 is 0 Å². The van der Waals surface area contributed by atoms with Gasteiger partial charge < -0.3 is 30.9 Å². The van der Waals surface area contributed by atoms with Gasteiger partial charge in [-0.2, -0.15) is 0 Å². The van der Waals surface area contributed by atoms with Gasteiger partial charge in [-0.1, -0.05) is 109 Å². The van der Waals surface area contributed by atoms with Crippen LogP contribution in [-0.2, 0) is 41.7 Å². The molecule has 9 N–H and O–H groups in total. The number of ketones is 1. The maximum Gasteiger partial charge on any atom is 0.410 e. The molecule has 340 valence electrons. The lowest BCUT2D eigenvalue weighted by molar-refractivity contribution is -0.305. The molecule has 0 saturated carbocycles. The molecule has 62 heavy (non-hydrogen) atoms. The SMILES string of the molecule is CCCCC(NC(=O)N(CC(CC)OC(=O)N1CCc2ccccc2C1)C(=O)C(NC(=O)C(NC(=O)CCCCC(=[NH2+])[NH3+])C(C)C)C(C)C)C(=O)C(=O)NC(C)c1ccccc1. The van der Waals surface area contributed by atoms with Crippen molar-refractivity contribution >= 4 is 47.4 Å². The molecule has 2 aromatic carbocycles. The monoisotopic (exact) mass is 863 g/mol. The third-order valence-electron chi connectivity index (χ3n) is 11.0. The Kier molecular flexibility index (Phi) is 20.7. The van der Waals surface area contributed by atoms with Crippen molar-refractivity contribution in [2.24, 2.45) is 11.8 Å². The average molecular weight is 863 g/mol. The number of nitrogens with zero attached hydrogens (tertiary/aromatic N) is 2. The quantitative estimate of drug-likeness (QED) is 0.0420. The molecule has 7 amide bonds. The van der Waals surface area contributed by atoms with Gasteiger partial charge in [0.05, 0.1) is 25.0 Å². The summed E-state index contributed by atoms with van der Waals surface area (Å²) in [6, 6.07) is 11.8. The average Bonchev–Trinajstić information content (AvgIpc) is 3.25. The van der Waals surface area contributed by atoms with Gasteiger partial charge in [-0.25, -0.2) is 15.0 Å². The lowest BCUT2D eigenvalue weighted by Crippen LogP contribution is -2.70. The largest absolute Gasteiger partial charge is 0.444 e. The Balaban J connectivity index is 1.90. The molecule has 0 radical (unpaired) electrons. The first-order valence-corrected chi connectivity index (χ1v) is 22.0. The molecule has 5 unspecified atom stereocenters. The zero-order valence-corrected chi connectivity index (χ0v) is 37.7. The summed E-state index contributed by atoms with van der Waals surface area (Å²) in [6.07, 6.45) is 2.43. The summed E-state index contributed by atoms with van der Waals surface area (Å²) in [5.74, 6) is -3.98. The maximum atomic E-state index is 14.7. The molecule has 2 aromatic rings. The summed E-state index contributed by atoms with van der Waals surface area (Å²) >= 11 is 0. The van der Waals surface area contributed by atoms with E-state index in [2.05, 4.69) is 27.0 Å². The van der Waals surface area contributed by atoms with Crippen LogP contribution in [0.4, 0.5) is 9.59 Å². The Bertz CT molecular complexity index is 1850. The van der Waals surface area contributed by atoms with Crippen LogP contribution in [0, 0.1) is 11.8 Å². The molecule has 16 nitrogen and oxygen atoms in total. The number of benzene rings is 2. The van der Waals surface area contributed by atoms with Gasteiger partial charge in [0.15, 0.2) is 0 Å². The highest BCUT2D eigenvalue weighted by molar-refractivity contribution is 6.38. The number of ether oxygens (including phenoxy) is 1. The van der Waals surface area contributed by atoms with Gasteiger partial charge in [0.25, 0.3) is 11.8 Å². The molecule has 0 bridgehead atoms. The number of nitrogens with two attached hydrogens (primary N) is 1. The number of rotatable bonds is 23. The molecule has 0 spiro atoms. The Hall–Kier alpha value is -5.64. The number of urea groups is 1. The van der Waals surface area contributed by atoms with Crippen LogP contribution in [0.5, 0.6) is 0 Å². The standard InChI is InChI=1S/C46H68N8O8/c1-8-10-22-36(41(56)43(58)49-31(7)32-18-12-11-13-19-32)50-45(60)54(28-35(9-2)62-46(61)53-26-25-33-20-14-15-21-34(33)27-53)44(59)40(30(5)6)52-42(57)39(29(3)4)51-38(55)24-17-16-23-37(47)48/h11-15,18-21,29-31,35-36,39-40H,8-10,16-17,22-28H2,1-7H3,(H3,47,48)(H,49,58)(H,50,60)(H,51,55)(H,52,57)/p+2. The number of fused-ring (bicyclic) bond motifs is 1. The highest BCUT2D eigenvalue weighted by atomic mass is 16.6. The fourth-order valence-electron chi connectivity index (χ4n) is 7.09. The first-order valence-electron chi connectivity index (χ1n) is 22.0. The normalized spacial score (nSPS) is 14.6. The Morgan fingerprint density at radius 2 is 1.42 bits per heavy atom. The van der Waals surface area contributed by atoms with E-state index in [-0.39, 0.29) is 31.1 Å². The zero-order valence-electron chi connectivity index (χ0n) is 37.7. The summed E-state index contributed by atoms with van der Waals surface area (Å²) in [5.41, 5.74) is 6.59. The summed E-state index contributed by atoms with van der Waals surface area (Å²) in [5, 5.41) is 16.6. The number of imide groups is 1. The topological polar surface area (TPSA) is 237 Å². The first-order chi connectivity index (χ1) is 29.5. The van der Waals surface area contributed by atoms with Gasteiger partial charge in [-0.3, -0.25) is 34.6 Å². The summed E-state index contributed by atoms with van der Waals surface area (Å²) < 4.78 is 5.95. The maximum absolute atomic E-state index is 14.7. The van der Waals surface area contributed by atoms with E-state index in [1.165, 1.54) is 0 Å². The van der Waals surface area contributed by atoms with Crippen LogP contribution in [-0.4, -0.2) is 94.5 Å². The van der Waals surface area contributed by atoms with Crippen LogP contribution >= 0.6 is 0 Å². The van der Waals surface area contributed by atoms with Crippen LogP contribution in [0.1, 0.15) is 123 Å². The van der Waals surface area contributed by atoms with Gasteiger partial charge in [0.2, 0.25) is 17.6 Å². The van der Waals surface area contributed by atoms with Gasteiger partial charge >= 0.3 is 18.0 Å². The Labute approximate surface area is 366 Å². The van der Waals surface area contributed by atoms with E-state index in [9.17, 15) is 33.6 Å². The number of hydrogen-bond donors (Lipinski definition) is 6. The van der Waals surface area contributed by atoms with E-state index in [0.717, 1.165) is 21.6 Å². The van der Waals surface area contributed by atoms with Crippen molar-refractivity contribution in [3.63, 3.8) is 0 Å². The third kappa shape index (κ3) is 15.7. The molecule has 1 aliphatic heterocycles. The van der Waals surface area contributed by atoms with Crippen LogP contribution in [0.25, 0.3) is 0 Å². The molecule has 16 heteroatoms.